The lowest BCUT2D eigenvalue weighted by molar-refractivity contribution is 0.121. The summed E-state index contributed by atoms with van der Waals surface area (Å²) in [6.45, 7) is 0.463. The van der Waals surface area contributed by atoms with E-state index in [1.165, 1.54) is 32.1 Å². The molecule has 3 aliphatic carbocycles. The van der Waals surface area contributed by atoms with Crippen molar-refractivity contribution < 1.29 is 5.11 Å². The fourth-order valence-corrected chi connectivity index (χ4v) is 4.42. The Balaban J connectivity index is 1.83. The number of hydrogen-bond acceptors (Lipinski definition) is 1. The average molecular weight is 166 g/mol. The third kappa shape index (κ3) is 0.783. The van der Waals surface area contributed by atoms with E-state index in [0.29, 0.717) is 12.5 Å². The summed E-state index contributed by atoms with van der Waals surface area (Å²) in [5.74, 6) is 4.74. The first-order chi connectivity index (χ1) is 5.90. The van der Waals surface area contributed by atoms with E-state index in [1.54, 1.807) is 0 Å². The lowest BCUT2D eigenvalue weighted by Crippen LogP contribution is -2.26. The molecule has 3 saturated carbocycles. The van der Waals surface area contributed by atoms with Crippen molar-refractivity contribution in [3.63, 3.8) is 0 Å². The van der Waals surface area contributed by atoms with Gasteiger partial charge in [0.05, 0.1) is 0 Å². The Morgan fingerprint density at radius 3 is 2.67 bits per heavy atom. The van der Waals surface area contributed by atoms with Crippen molar-refractivity contribution in [1.82, 2.24) is 0 Å². The maximum absolute atomic E-state index is 9.21. The summed E-state index contributed by atoms with van der Waals surface area (Å²) < 4.78 is 0. The molecule has 0 unspecified atom stereocenters. The van der Waals surface area contributed by atoms with Gasteiger partial charge in [0.1, 0.15) is 0 Å². The van der Waals surface area contributed by atoms with Gasteiger partial charge in [0.15, 0.2) is 0 Å². The molecule has 2 bridgehead atoms. The Labute approximate surface area is 74.2 Å². The number of aliphatic hydroxyl groups is 1. The van der Waals surface area contributed by atoms with Crippen LogP contribution in [0.25, 0.3) is 0 Å². The molecule has 0 spiro atoms. The first kappa shape index (κ1) is 7.37. The maximum atomic E-state index is 9.21. The molecule has 12 heavy (non-hydrogen) atoms. The van der Waals surface area contributed by atoms with E-state index in [9.17, 15) is 5.11 Å². The van der Waals surface area contributed by atoms with Crippen LogP contribution >= 0.6 is 0 Å². The molecule has 0 aromatic rings. The van der Waals surface area contributed by atoms with Crippen molar-refractivity contribution in [3.05, 3.63) is 0 Å². The highest BCUT2D eigenvalue weighted by Crippen LogP contribution is 2.60. The van der Waals surface area contributed by atoms with Crippen LogP contribution in [0.2, 0.25) is 0 Å². The summed E-state index contributed by atoms with van der Waals surface area (Å²) in [6.07, 6.45) is 7.26. The third-order valence-corrected chi connectivity index (χ3v) is 4.80. The molecule has 0 aliphatic heterocycles. The van der Waals surface area contributed by atoms with E-state index in [-0.39, 0.29) is 0 Å². The molecular weight excluding hydrogens is 148 g/mol. The zero-order chi connectivity index (χ0) is 8.13. The second kappa shape index (κ2) is 2.47. The first-order valence-corrected chi connectivity index (χ1v) is 5.51. The highest BCUT2D eigenvalue weighted by Gasteiger charge is 2.53. The van der Waals surface area contributed by atoms with Gasteiger partial charge in [-0.25, -0.2) is 0 Å². The van der Waals surface area contributed by atoms with Crippen LogP contribution in [0, 0.1) is 29.6 Å². The standard InChI is InChI=1S/C11H18O/c12-6-8-4-7-5-11(8)10-3-1-2-9(7)10/h7-12H,1-6H2/t7-,8-,9+,10+,11-/m0/s1. The Hall–Kier alpha value is -0.0400. The predicted molar refractivity (Wildman–Crippen MR) is 47.6 cm³/mol. The molecule has 3 fully saturated rings. The van der Waals surface area contributed by atoms with Crippen molar-refractivity contribution in [2.24, 2.45) is 29.6 Å². The smallest absolute Gasteiger partial charge is 0.0462 e. The van der Waals surface area contributed by atoms with Gasteiger partial charge in [0, 0.05) is 6.61 Å². The Bertz CT molecular complexity index is 187. The van der Waals surface area contributed by atoms with Crippen LogP contribution < -0.4 is 0 Å². The average Bonchev–Trinajstić information content (AvgIpc) is 2.75. The van der Waals surface area contributed by atoms with Gasteiger partial charge < -0.3 is 5.11 Å². The van der Waals surface area contributed by atoms with E-state index < -0.39 is 0 Å². The van der Waals surface area contributed by atoms with Crippen molar-refractivity contribution >= 4 is 0 Å². The zero-order valence-electron chi connectivity index (χ0n) is 7.58. The van der Waals surface area contributed by atoms with Gasteiger partial charge in [-0.05, 0) is 55.3 Å². The van der Waals surface area contributed by atoms with E-state index in [0.717, 1.165) is 23.7 Å². The lowest BCUT2D eigenvalue weighted by Gasteiger charge is -2.30. The molecule has 3 rings (SSSR count). The third-order valence-electron chi connectivity index (χ3n) is 4.80. The minimum Gasteiger partial charge on any atom is -0.396 e. The molecule has 1 heteroatoms. The topological polar surface area (TPSA) is 20.2 Å². The summed E-state index contributed by atoms with van der Waals surface area (Å²) in [5.41, 5.74) is 0. The maximum Gasteiger partial charge on any atom is 0.0462 e. The predicted octanol–water partition coefficient (Wildman–Crippen LogP) is 2.05. The van der Waals surface area contributed by atoms with Crippen molar-refractivity contribution in [3.8, 4) is 0 Å². The minimum absolute atomic E-state index is 0.463. The number of rotatable bonds is 1. The van der Waals surface area contributed by atoms with Gasteiger partial charge in [-0.2, -0.15) is 0 Å². The van der Waals surface area contributed by atoms with Crippen LogP contribution in [0.15, 0.2) is 0 Å². The van der Waals surface area contributed by atoms with Crippen molar-refractivity contribution in [2.75, 3.05) is 6.61 Å². The lowest BCUT2D eigenvalue weighted by atomic mass is 9.76. The first-order valence-electron chi connectivity index (χ1n) is 5.51. The molecule has 5 atom stereocenters. The number of hydrogen-bond donors (Lipinski definition) is 1. The van der Waals surface area contributed by atoms with Crippen LogP contribution in [0.5, 0.6) is 0 Å². The molecule has 0 saturated heterocycles. The number of aliphatic hydroxyl groups excluding tert-OH is 1. The molecular formula is C11H18O. The normalized spacial score (nSPS) is 56.2. The fraction of sp³-hybridized carbons (Fsp3) is 1.00. The van der Waals surface area contributed by atoms with Crippen molar-refractivity contribution in [2.45, 2.75) is 32.1 Å². The zero-order valence-corrected chi connectivity index (χ0v) is 7.58. The molecule has 0 heterocycles. The van der Waals surface area contributed by atoms with E-state index in [2.05, 4.69) is 0 Å². The molecule has 1 nitrogen and oxygen atoms in total. The van der Waals surface area contributed by atoms with E-state index in [1.807, 2.05) is 0 Å². The van der Waals surface area contributed by atoms with Gasteiger partial charge in [-0.3, -0.25) is 0 Å². The van der Waals surface area contributed by atoms with Gasteiger partial charge in [0.25, 0.3) is 0 Å². The van der Waals surface area contributed by atoms with Crippen molar-refractivity contribution in [1.29, 1.82) is 0 Å². The summed E-state index contributed by atoms with van der Waals surface area (Å²) >= 11 is 0. The highest BCUT2D eigenvalue weighted by atomic mass is 16.3. The Morgan fingerprint density at radius 2 is 1.83 bits per heavy atom. The second-order valence-corrected chi connectivity index (χ2v) is 5.10. The molecule has 0 radical (unpaired) electrons. The summed E-state index contributed by atoms with van der Waals surface area (Å²) in [4.78, 5) is 0. The quantitative estimate of drug-likeness (QED) is 0.632. The minimum atomic E-state index is 0.463. The van der Waals surface area contributed by atoms with Gasteiger partial charge in [-0.15, -0.1) is 0 Å². The van der Waals surface area contributed by atoms with Crippen LogP contribution in [-0.4, -0.2) is 11.7 Å². The SMILES string of the molecule is OC[C@@H]1C[C@H]2C[C@@H]1[C@@H]1CCC[C@H]21. The summed E-state index contributed by atoms with van der Waals surface area (Å²) in [7, 11) is 0. The molecule has 0 aromatic heterocycles. The van der Waals surface area contributed by atoms with Gasteiger partial charge in [-0.1, -0.05) is 6.42 Å². The summed E-state index contributed by atoms with van der Waals surface area (Å²) in [5, 5.41) is 9.21. The number of fused-ring (bicyclic) bond motifs is 5. The van der Waals surface area contributed by atoms with E-state index >= 15 is 0 Å². The Morgan fingerprint density at radius 1 is 1.00 bits per heavy atom. The molecule has 0 aromatic carbocycles. The fourth-order valence-electron chi connectivity index (χ4n) is 4.42. The molecule has 1 N–H and O–H groups in total. The highest BCUT2D eigenvalue weighted by molar-refractivity contribution is 5.02. The molecule has 68 valence electrons. The van der Waals surface area contributed by atoms with Gasteiger partial charge >= 0.3 is 0 Å². The van der Waals surface area contributed by atoms with Crippen LogP contribution in [0.3, 0.4) is 0 Å². The monoisotopic (exact) mass is 166 g/mol. The molecule has 3 aliphatic rings. The molecule has 0 amide bonds. The van der Waals surface area contributed by atoms with Crippen LogP contribution in [0.4, 0.5) is 0 Å². The summed E-state index contributed by atoms with van der Waals surface area (Å²) in [6, 6.07) is 0. The van der Waals surface area contributed by atoms with Crippen LogP contribution in [-0.2, 0) is 0 Å². The van der Waals surface area contributed by atoms with Gasteiger partial charge in [0.2, 0.25) is 0 Å². The Kier molecular flexibility index (Phi) is 1.52. The largest absolute Gasteiger partial charge is 0.396 e. The van der Waals surface area contributed by atoms with Crippen LogP contribution in [0.1, 0.15) is 32.1 Å². The second-order valence-electron chi connectivity index (χ2n) is 5.10. The van der Waals surface area contributed by atoms with E-state index in [4.69, 9.17) is 0 Å².